The SMILES string of the molecule is CC1(C)COCCN1C1(CN)CCCC(C(F)(F)F)C1. The fourth-order valence-corrected chi connectivity index (χ4v) is 3.90. The Kier molecular flexibility index (Phi) is 4.38. The Hall–Kier alpha value is -0.330. The van der Waals surface area contributed by atoms with Crippen LogP contribution in [0.25, 0.3) is 0 Å². The Morgan fingerprint density at radius 3 is 2.60 bits per heavy atom. The minimum absolute atomic E-state index is 0.121. The van der Waals surface area contributed by atoms with Gasteiger partial charge in [0.2, 0.25) is 0 Å². The third kappa shape index (κ3) is 2.97. The molecule has 2 unspecified atom stereocenters. The van der Waals surface area contributed by atoms with Crippen LogP contribution < -0.4 is 5.73 Å². The van der Waals surface area contributed by atoms with Crippen molar-refractivity contribution in [1.82, 2.24) is 4.90 Å². The van der Waals surface area contributed by atoms with Gasteiger partial charge in [-0.2, -0.15) is 13.2 Å². The molecule has 118 valence electrons. The van der Waals surface area contributed by atoms with Gasteiger partial charge in [0, 0.05) is 24.2 Å². The number of ether oxygens (including phenoxy) is 1. The molecular weight excluding hydrogens is 269 g/mol. The Morgan fingerprint density at radius 2 is 2.05 bits per heavy atom. The maximum atomic E-state index is 13.1. The van der Waals surface area contributed by atoms with Crippen LogP contribution in [0.5, 0.6) is 0 Å². The minimum Gasteiger partial charge on any atom is -0.378 e. The molecule has 0 amide bonds. The zero-order valence-corrected chi connectivity index (χ0v) is 12.3. The summed E-state index contributed by atoms with van der Waals surface area (Å²) in [5.74, 6) is -1.22. The minimum atomic E-state index is -4.11. The van der Waals surface area contributed by atoms with Crippen molar-refractivity contribution >= 4 is 0 Å². The molecule has 6 heteroatoms. The number of morpholine rings is 1. The maximum absolute atomic E-state index is 13.1. The lowest BCUT2D eigenvalue weighted by Gasteiger charge is -2.56. The van der Waals surface area contributed by atoms with Crippen molar-refractivity contribution in [3.63, 3.8) is 0 Å². The summed E-state index contributed by atoms with van der Waals surface area (Å²) < 4.78 is 44.8. The van der Waals surface area contributed by atoms with Gasteiger partial charge in [0.05, 0.1) is 19.1 Å². The standard InChI is InChI=1S/C14H25F3N2O/c1-12(2)10-20-7-6-19(12)13(9-18)5-3-4-11(8-13)14(15,16)17/h11H,3-10,18H2,1-2H3. The highest BCUT2D eigenvalue weighted by atomic mass is 19.4. The lowest BCUT2D eigenvalue weighted by Crippen LogP contribution is -2.67. The first kappa shape index (κ1) is 16.0. The molecule has 0 aromatic heterocycles. The summed E-state index contributed by atoms with van der Waals surface area (Å²) in [4.78, 5) is 2.18. The zero-order valence-electron chi connectivity index (χ0n) is 12.3. The monoisotopic (exact) mass is 294 g/mol. The van der Waals surface area contributed by atoms with E-state index in [0.29, 0.717) is 26.2 Å². The lowest BCUT2D eigenvalue weighted by atomic mass is 9.72. The van der Waals surface area contributed by atoms with E-state index in [2.05, 4.69) is 4.90 Å². The molecule has 1 heterocycles. The number of rotatable bonds is 2. The molecule has 2 atom stereocenters. The van der Waals surface area contributed by atoms with Crippen molar-refractivity contribution in [2.45, 2.75) is 56.8 Å². The Labute approximate surface area is 118 Å². The summed E-state index contributed by atoms with van der Waals surface area (Å²) in [6, 6.07) is 0. The molecule has 2 fully saturated rings. The Morgan fingerprint density at radius 1 is 1.35 bits per heavy atom. The third-order valence-corrected chi connectivity index (χ3v) is 4.88. The first-order valence-electron chi connectivity index (χ1n) is 7.34. The van der Waals surface area contributed by atoms with E-state index < -0.39 is 17.6 Å². The second-order valence-electron chi connectivity index (χ2n) is 6.78. The molecule has 0 aromatic carbocycles. The van der Waals surface area contributed by atoms with Gasteiger partial charge in [-0.3, -0.25) is 4.90 Å². The van der Waals surface area contributed by atoms with E-state index in [1.807, 2.05) is 13.8 Å². The van der Waals surface area contributed by atoms with Gasteiger partial charge in [-0.1, -0.05) is 6.42 Å². The smallest absolute Gasteiger partial charge is 0.378 e. The van der Waals surface area contributed by atoms with Crippen molar-refractivity contribution in [2.24, 2.45) is 11.7 Å². The van der Waals surface area contributed by atoms with E-state index >= 15 is 0 Å². The van der Waals surface area contributed by atoms with Crippen LogP contribution in [-0.4, -0.2) is 48.5 Å². The maximum Gasteiger partial charge on any atom is 0.391 e. The quantitative estimate of drug-likeness (QED) is 0.850. The molecule has 1 aliphatic carbocycles. The molecule has 2 N–H and O–H groups in total. The van der Waals surface area contributed by atoms with Crippen molar-refractivity contribution in [3.8, 4) is 0 Å². The second-order valence-corrected chi connectivity index (χ2v) is 6.78. The topological polar surface area (TPSA) is 38.5 Å². The zero-order chi connectivity index (χ0) is 15.0. The molecule has 2 aliphatic rings. The number of alkyl halides is 3. The molecule has 0 aromatic rings. The summed E-state index contributed by atoms with van der Waals surface area (Å²) in [5.41, 5.74) is 5.15. The van der Waals surface area contributed by atoms with Crippen LogP contribution in [0.1, 0.15) is 39.5 Å². The summed E-state index contributed by atoms with van der Waals surface area (Å²) in [6.07, 6.45) is -2.42. The molecule has 1 saturated heterocycles. The van der Waals surface area contributed by atoms with Crippen molar-refractivity contribution in [3.05, 3.63) is 0 Å². The van der Waals surface area contributed by atoms with Crippen LogP contribution in [0, 0.1) is 5.92 Å². The van der Waals surface area contributed by atoms with Gasteiger partial charge >= 0.3 is 6.18 Å². The van der Waals surface area contributed by atoms with E-state index in [1.54, 1.807) is 0 Å². The highest BCUT2D eigenvalue weighted by molar-refractivity contribution is 5.03. The third-order valence-electron chi connectivity index (χ3n) is 4.88. The second kappa shape index (κ2) is 5.46. The number of hydrogen-bond acceptors (Lipinski definition) is 3. The molecule has 1 saturated carbocycles. The summed E-state index contributed by atoms with van der Waals surface area (Å²) >= 11 is 0. The van der Waals surface area contributed by atoms with Gasteiger partial charge in [-0.15, -0.1) is 0 Å². The average molecular weight is 294 g/mol. The predicted octanol–water partition coefficient (Wildman–Crippen LogP) is 2.55. The van der Waals surface area contributed by atoms with E-state index in [0.717, 1.165) is 6.42 Å². The first-order valence-corrected chi connectivity index (χ1v) is 7.34. The van der Waals surface area contributed by atoms with E-state index in [4.69, 9.17) is 10.5 Å². The molecule has 0 spiro atoms. The summed E-state index contributed by atoms with van der Waals surface area (Å²) in [6.45, 7) is 6.12. The van der Waals surface area contributed by atoms with Crippen LogP contribution in [0.15, 0.2) is 0 Å². The van der Waals surface area contributed by atoms with Gasteiger partial charge in [-0.25, -0.2) is 0 Å². The van der Waals surface area contributed by atoms with Crippen molar-refractivity contribution in [2.75, 3.05) is 26.3 Å². The van der Waals surface area contributed by atoms with Crippen molar-refractivity contribution < 1.29 is 17.9 Å². The van der Waals surface area contributed by atoms with Gasteiger partial charge in [-0.05, 0) is 33.1 Å². The lowest BCUT2D eigenvalue weighted by molar-refractivity contribution is -0.203. The van der Waals surface area contributed by atoms with E-state index in [9.17, 15) is 13.2 Å². The number of halogens is 3. The highest BCUT2D eigenvalue weighted by Gasteiger charge is 2.52. The molecule has 20 heavy (non-hydrogen) atoms. The fraction of sp³-hybridized carbons (Fsp3) is 1.00. The number of nitrogens with two attached hydrogens (primary N) is 1. The van der Waals surface area contributed by atoms with Crippen LogP contribution in [0.3, 0.4) is 0 Å². The number of hydrogen-bond donors (Lipinski definition) is 1. The van der Waals surface area contributed by atoms with Gasteiger partial charge in [0.15, 0.2) is 0 Å². The van der Waals surface area contributed by atoms with Crippen molar-refractivity contribution in [1.29, 1.82) is 0 Å². The van der Waals surface area contributed by atoms with Crippen LogP contribution in [0.4, 0.5) is 13.2 Å². The first-order chi connectivity index (χ1) is 9.21. The summed E-state index contributed by atoms with van der Waals surface area (Å²) in [5, 5.41) is 0. The predicted molar refractivity (Wildman–Crippen MR) is 71.4 cm³/mol. The van der Waals surface area contributed by atoms with Crippen LogP contribution in [0.2, 0.25) is 0 Å². The molecule has 1 aliphatic heterocycles. The Bertz CT molecular complexity index is 346. The van der Waals surface area contributed by atoms with Gasteiger partial charge in [0.1, 0.15) is 0 Å². The molecular formula is C14H25F3N2O. The summed E-state index contributed by atoms with van der Waals surface area (Å²) in [7, 11) is 0. The van der Waals surface area contributed by atoms with Gasteiger partial charge in [0.25, 0.3) is 0 Å². The largest absolute Gasteiger partial charge is 0.391 e. The van der Waals surface area contributed by atoms with Crippen LogP contribution in [-0.2, 0) is 4.74 Å². The van der Waals surface area contributed by atoms with Gasteiger partial charge < -0.3 is 10.5 Å². The van der Waals surface area contributed by atoms with E-state index in [-0.39, 0.29) is 24.9 Å². The van der Waals surface area contributed by atoms with E-state index in [1.165, 1.54) is 0 Å². The highest BCUT2D eigenvalue weighted by Crippen LogP contribution is 2.46. The van der Waals surface area contributed by atoms with Crippen LogP contribution >= 0.6 is 0 Å². The molecule has 0 bridgehead atoms. The molecule has 2 rings (SSSR count). The average Bonchev–Trinajstić information content (AvgIpc) is 2.37. The molecule has 0 radical (unpaired) electrons. The fourth-order valence-electron chi connectivity index (χ4n) is 3.90. The number of nitrogens with zero attached hydrogens (tertiary/aromatic N) is 1. The molecule has 3 nitrogen and oxygen atoms in total. The Balaban J connectivity index is 2.24. The normalized spacial score (nSPS) is 36.0.